The smallest absolute Gasteiger partial charge is 0.253 e. The van der Waals surface area contributed by atoms with E-state index in [2.05, 4.69) is 5.32 Å². The lowest BCUT2D eigenvalue weighted by molar-refractivity contribution is 0.0951. The van der Waals surface area contributed by atoms with Crippen LogP contribution in [-0.4, -0.2) is 5.91 Å². The summed E-state index contributed by atoms with van der Waals surface area (Å²) in [6.45, 7) is -0.117. The lowest BCUT2D eigenvalue weighted by atomic mass is 10.1. The first-order valence-electron chi connectivity index (χ1n) is 5.85. The van der Waals surface area contributed by atoms with Gasteiger partial charge in [0.05, 0.1) is 5.56 Å². The van der Waals surface area contributed by atoms with E-state index in [-0.39, 0.29) is 17.8 Å². The van der Waals surface area contributed by atoms with Crippen LogP contribution in [0.2, 0.25) is 0 Å². The van der Waals surface area contributed by atoms with E-state index in [4.69, 9.17) is 5.73 Å². The molecule has 0 aromatic heterocycles. The van der Waals surface area contributed by atoms with Crippen LogP contribution < -0.4 is 11.1 Å². The largest absolute Gasteiger partial charge is 0.398 e. The van der Waals surface area contributed by atoms with Crippen molar-refractivity contribution in [3.05, 3.63) is 64.7 Å². The van der Waals surface area contributed by atoms with Crippen LogP contribution in [-0.2, 0) is 6.54 Å². The van der Waals surface area contributed by atoms with Crippen LogP contribution in [0.4, 0.5) is 23.2 Å². The summed E-state index contributed by atoms with van der Waals surface area (Å²) in [6, 6.07) is 4.49. The molecule has 2 aromatic carbocycles. The molecule has 0 aliphatic heterocycles. The van der Waals surface area contributed by atoms with E-state index in [1.165, 1.54) is 6.07 Å². The summed E-state index contributed by atoms with van der Waals surface area (Å²) in [5, 5.41) is 2.35. The molecule has 0 bridgehead atoms. The van der Waals surface area contributed by atoms with Crippen molar-refractivity contribution >= 4 is 11.6 Å². The molecule has 21 heavy (non-hydrogen) atoms. The number of hydrogen-bond acceptors (Lipinski definition) is 2. The average molecular weight is 298 g/mol. The molecule has 2 rings (SSSR count). The van der Waals surface area contributed by atoms with Crippen LogP contribution in [0, 0.1) is 23.3 Å². The monoisotopic (exact) mass is 298 g/mol. The first kappa shape index (κ1) is 14.8. The van der Waals surface area contributed by atoms with Gasteiger partial charge >= 0.3 is 0 Å². The average Bonchev–Trinajstić information content (AvgIpc) is 2.44. The summed E-state index contributed by atoms with van der Waals surface area (Å²) in [5.74, 6) is -5.17. The fourth-order valence-electron chi connectivity index (χ4n) is 1.69. The van der Waals surface area contributed by atoms with Crippen molar-refractivity contribution in [1.29, 1.82) is 0 Å². The highest BCUT2D eigenvalue weighted by molar-refractivity contribution is 5.99. The van der Waals surface area contributed by atoms with Gasteiger partial charge in [-0.25, -0.2) is 17.6 Å². The molecule has 0 radical (unpaired) electrons. The standard InChI is InChI=1S/C14H10F4N2O/c15-9-2-1-7(3-10(9)16)6-20-14(21)8-4-11(17)12(18)5-13(8)19/h1-5H,6,19H2,(H,20,21). The van der Waals surface area contributed by atoms with Crippen LogP contribution in [0.1, 0.15) is 15.9 Å². The number of anilines is 1. The van der Waals surface area contributed by atoms with Crippen LogP contribution in [0.15, 0.2) is 30.3 Å². The number of carbonyl (C=O) groups excluding carboxylic acids is 1. The number of carbonyl (C=O) groups is 1. The molecule has 0 atom stereocenters. The van der Waals surface area contributed by atoms with E-state index in [1.807, 2.05) is 0 Å². The van der Waals surface area contributed by atoms with Crippen molar-refractivity contribution in [3.8, 4) is 0 Å². The Bertz CT molecular complexity index is 704. The summed E-state index contributed by atoms with van der Waals surface area (Å²) in [4.78, 5) is 11.8. The number of benzene rings is 2. The molecular weight excluding hydrogens is 288 g/mol. The molecule has 0 fully saturated rings. The third-order valence-corrected chi connectivity index (χ3v) is 2.77. The van der Waals surface area contributed by atoms with Gasteiger partial charge in [0.1, 0.15) is 0 Å². The minimum atomic E-state index is -1.21. The van der Waals surface area contributed by atoms with Gasteiger partial charge < -0.3 is 11.1 Å². The Labute approximate surface area is 117 Å². The molecule has 2 aromatic rings. The highest BCUT2D eigenvalue weighted by Gasteiger charge is 2.14. The van der Waals surface area contributed by atoms with E-state index in [9.17, 15) is 22.4 Å². The summed E-state index contributed by atoms with van der Waals surface area (Å²) in [5.41, 5.74) is 5.27. The lowest BCUT2D eigenvalue weighted by Gasteiger charge is -2.08. The van der Waals surface area contributed by atoms with Gasteiger partial charge in [0.25, 0.3) is 5.91 Å². The van der Waals surface area contributed by atoms with Crippen molar-refractivity contribution in [2.75, 3.05) is 5.73 Å². The zero-order valence-electron chi connectivity index (χ0n) is 10.6. The minimum absolute atomic E-state index is 0.117. The summed E-state index contributed by atoms with van der Waals surface area (Å²) in [6.07, 6.45) is 0. The normalized spacial score (nSPS) is 10.5. The van der Waals surface area contributed by atoms with Crippen LogP contribution in [0.3, 0.4) is 0 Å². The quantitative estimate of drug-likeness (QED) is 0.676. The maximum atomic E-state index is 13.1. The molecule has 0 saturated heterocycles. The van der Waals surface area contributed by atoms with Crippen molar-refractivity contribution in [2.24, 2.45) is 0 Å². The number of nitrogens with one attached hydrogen (secondary N) is 1. The summed E-state index contributed by atoms with van der Waals surface area (Å²) >= 11 is 0. The van der Waals surface area contributed by atoms with Crippen molar-refractivity contribution < 1.29 is 22.4 Å². The molecule has 1 amide bonds. The first-order valence-corrected chi connectivity index (χ1v) is 5.85. The third-order valence-electron chi connectivity index (χ3n) is 2.77. The lowest BCUT2D eigenvalue weighted by Crippen LogP contribution is -2.24. The van der Waals surface area contributed by atoms with E-state index in [1.54, 1.807) is 0 Å². The van der Waals surface area contributed by atoms with Gasteiger partial charge in [-0.1, -0.05) is 6.07 Å². The van der Waals surface area contributed by atoms with Crippen LogP contribution >= 0.6 is 0 Å². The predicted molar refractivity (Wildman–Crippen MR) is 68.3 cm³/mol. The van der Waals surface area contributed by atoms with Gasteiger partial charge in [-0.05, 0) is 23.8 Å². The van der Waals surface area contributed by atoms with Gasteiger partial charge in [-0.15, -0.1) is 0 Å². The van der Waals surface area contributed by atoms with E-state index < -0.39 is 29.2 Å². The molecule has 3 nitrogen and oxygen atoms in total. The van der Waals surface area contributed by atoms with Crippen molar-refractivity contribution in [3.63, 3.8) is 0 Å². The zero-order valence-corrected chi connectivity index (χ0v) is 10.6. The molecule has 0 aliphatic rings. The van der Waals surface area contributed by atoms with E-state index in [0.717, 1.165) is 12.1 Å². The topological polar surface area (TPSA) is 55.1 Å². The van der Waals surface area contributed by atoms with Gasteiger partial charge in [0, 0.05) is 18.3 Å². The minimum Gasteiger partial charge on any atom is -0.398 e. The molecule has 0 spiro atoms. The highest BCUT2D eigenvalue weighted by atomic mass is 19.2. The van der Waals surface area contributed by atoms with Crippen LogP contribution in [0.25, 0.3) is 0 Å². The molecule has 110 valence electrons. The number of hydrogen-bond donors (Lipinski definition) is 2. The Morgan fingerprint density at radius 1 is 0.952 bits per heavy atom. The summed E-state index contributed by atoms with van der Waals surface area (Å²) < 4.78 is 51.7. The fraction of sp³-hybridized carbons (Fsp3) is 0.0714. The Balaban J connectivity index is 2.11. The number of halogens is 4. The van der Waals surface area contributed by atoms with Gasteiger partial charge in [0.15, 0.2) is 23.3 Å². The van der Waals surface area contributed by atoms with E-state index in [0.29, 0.717) is 17.7 Å². The third kappa shape index (κ3) is 3.31. The molecule has 0 unspecified atom stereocenters. The fourth-order valence-corrected chi connectivity index (χ4v) is 1.69. The Morgan fingerprint density at radius 2 is 1.57 bits per heavy atom. The number of nitrogens with two attached hydrogens (primary N) is 1. The molecule has 3 N–H and O–H groups in total. The first-order chi connectivity index (χ1) is 9.88. The van der Waals surface area contributed by atoms with Crippen LogP contribution in [0.5, 0.6) is 0 Å². The Morgan fingerprint density at radius 3 is 2.24 bits per heavy atom. The number of amides is 1. The second-order valence-electron chi connectivity index (χ2n) is 4.28. The predicted octanol–water partition coefficient (Wildman–Crippen LogP) is 2.76. The number of nitrogen functional groups attached to an aromatic ring is 1. The van der Waals surface area contributed by atoms with E-state index >= 15 is 0 Å². The molecule has 0 aliphatic carbocycles. The maximum absolute atomic E-state index is 13.1. The number of rotatable bonds is 3. The van der Waals surface area contributed by atoms with Gasteiger partial charge in [-0.3, -0.25) is 4.79 Å². The zero-order chi connectivity index (χ0) is 15.6. The second-order valence-corrected chi connectivity index (χ2v) is 4.28. The second kappa shape index (κ2) is 5.82. The molecular formula is C14H10F4N2O. The van der Waals surface area contributed by atoms with Crippen molar-refractivity contribution in [1.82, 2.24) is 5.32 Å². The molecule has 0 saturated carbocycles. The van der Waals surface area contributed by atoms with Crippen molar-refractivity contribution in [2.45, 2.75) is 6.54 Å². The molecule has 0 heterocycles. The maximum Gasteiger partial charge on any atom is 0.253 e. The van der Waals surface area contributed by atoms with Gasteiger partial charge in [-0.2, -0.15) is 0 Å². The Hall–Kier alpha value is -2.57. The summed E-state index contributed by atoms with van der Waals surface area (Å²) in [7, 11) is 0. The highest BCUT2D eigenvalue weighted by Crippen LogP contribution is 2.17. The Kier molecular flexibility index (Phi) is 4.11. The van der Waals surface area contributed by atoms with Gasteiger partial charge in [0.2, 0.25) is 0 Å². The molecule has 7 heteroatoms. The SMILES string of the molecule is Nc1cc(F)c(F)cc1C(=O)NCc1ccc(F)c(F)c1.